The van der Waals surface area contributed by atoms with Crippen LogP contribution in [-0.2, 0) is 33.3 Å². The highest BCUT2D eigenvalue weighted by molar-refractivity contribution is 5.84. The van der Waals surface area contributed by atoms with E-state index in [1.807, 2.05) is 0 Å². The normalized spacial score (nSPS) is 26.8. The number of esters is 1. The Morgan fingerprint density at radius 2 is 1.80 bits per heavy atom. The van der Waals surface area contributed by atoms with E-state index in [9.17, 15) is 9.59 Å². The Hall–Kier alpha value is -1.70. The van der Waals surface area contributed by atoms with Crippen molar-refractivity contribution in [1.29, 1.82) is 0 Å². The van der Waals surface area contributed by atoms with Gasteiger partial charge in [-0.2, -0.15) is 0 Å². The molecule has 3 fully saturated rings. The standard InChI is InChI=1S/C34H56O7/c1-26(25-40-32-15-9-11-21-38-32)17-19-34(2,3)20-18-30(41-33-16-10-12-22-39-33)28-23-27(29(35)24-28)13-7-5-6-8-14-31(36)37-4/h5,7,18,26-28,32-33H,6,8-17,19-25H2,1-4H3/b7-5?,30-18+/t26?,27-,28+,32?,33+/m1/s1. The van der Waals surface area contributed by atoms with Gasteiger partial charge >= 0.3 is 5.97 Å². The summed E-state index contributed by atoms with van der Waals surface area (Å²) in [5.41, 5.74) is 0.118. The van der Waals surface area contributed by atoms with Gasteiger partial charge in [0.25, 0.3) is 0 Å². The Morgan fingerprint density at radius 3 is 2.49 bits per heavy atom. The fourth-order valence-electron chi connectivity index (χ4n) is 5.84. The highest BCUT2D eigenvalue weighted by atomic mass is 16.7. The van der Waals surface area contributed by atoms with Gasteiger partial charge in [0.15, 0.2) is 12.6 Å². The minimum atomic E-state index is -0.207. The van der Waals surface area contributed by atoms with E-state index in [4.69, 9.17) is 23.7 Å². The first-order valence-electron chi connectivity index (χ1n) is 16.2. The van der Waals surface area contributed by atoms with Crippen LogP contribution in [0.2, 0.25) is 0 Å². The maximum Gasteiger partial charge on any atom is 0.305 e. The lowest BCUT2D eigenvalue weighted by Crippen LogP contribution is -2.25. The first-order chi connectivity index (χ1) is 19.8. The number of rotatable bonds is 17. The number of unbranched alkanes of at least 4 members (excludes halogenated alkanes) is 1. The van der Waals surface area contributed by atoms with Gasteiger partial charge in [-0.05, 0) is 94.5 Å². The number of hydrogen-bond acceptors (Lipinski definition) is 7. The molecule has 3 aliphatic rings. The summed E-state index contributed by atoms with van der Waals surface area (Å²) < 4.78 is 28.8. The van der Waals surface area contributed by atoms with E-state index in [-0.39, 0.29) is 35.8 Å². The average molecular weight is 577 g/mol. The first kappa shape index (κ1) is 33.8. The third-order valence-electron chi connectivity index (χ3n) is 8.72. The van der Waals surface area contributed by atoms with Crippen molar-refractivity contribution in [3.63, 3.8) is 0 Å². The molecule has 2 unspecified atom stereocenters. The molecule has 0 amide bonds. The van der Waals surface area contributed by atoms with Gasteiger partial charge in [-0.15, -0.1) is 0 Å². The van der Waals surface area contributed by atoms with Crippen LogP contribution in [0.25, 0.3) is 0 Å². The number of methoxy groups -OCH3 is 1. The first-order valence-corrected chi connectivity index (χ1v) is 16.2. The summed E-state index contributed by atoms with van der Waals surface area (Å²) in [6.07, 6.45) is 19.9. The zero-order valence-electron chi connectivity index (χ0n) is 26.2. The van der Waals surface area contributed by atoms with Crippen LogP contribution >= 0.6 is 0 Å². The maximum atomic E-state index is 13.0. The van der Waals surface area contributed by atoms with Crippen LogP contribution in [0.5, 0.6) is 0 Å². The molecule has 3 rings (SSSR count). The molecular weight excluding hydrogens is 520 g/mol. The third kappa shape index (κ3) is 13.0. The van der Waals surface area contributed by atoms with Crippen molar-refractivity contribution in [1.82, 2.24) is 0 Å². The van der Waals surface area contributed by atoms with Gasteiger partial charge in [0.2, 0.25) is 0 Å². The molecule has 0 radical (unpaired) electrons. The second kappa shape index (κ2) is 18.1. The number of allylic oxidation sites excluding steroid dienone is 4. The van der Waals surface area contributed by atoms with E-state index < -0.39 is 0 Å². The predicted octanol–water partition coefficient (Wildman–Crippen LogP) is 7.67. The summed E-state index contributed by atoms with van der Waals surface area (Å²) in [4.78, 5) is 24.2. The largest absolute Gasteiger partial charge is 0.469 e. The van der Waals surface area contributed by atoms with Gasteiger partial charge in [0, 0.05) is 37.7 Å². The van der Waals surface area contributed by atoms with Crippen LogP contribution < -0.4 is 0 Å². The van der Waals surface area contributed by atoms with Crippen molar-refractivity contribution in [2.45, 2.75) is 130 Å². The number of ketones is 1. The van der Waals surface area contributed by atoms with E-state index in [0.29, 0.717) is 24.5 Å². The number of carbonyl (C=O) groups is 2. The van der Waals surface area contributed by atoms with Gasteiger partial charge in [-0.25, -0.2) is 0 Å². The molecular formula is C34H56O7. The molecule has 5 atom stereocenters. The van der Waals surface area contributed by atoms with Gasteiger partial charge in [-0.1, -0.05) is 32.9 Å². The molecule has 0 aromatic rings. The molecule has 41 heavy (non-hydrogen) atoms. The van der Waals surface area contributed by atoms with Crippen molar-refractivity contribution in [3.05, 3.63) is 24.0 Å². The average Bonchev–Trinajstić information content (AvgIpc) is 3.35. The molecule has 0 aromatic carbocycles. The van der Waals surface area contributed by atoms with Crippen LogP contribution in [0, 0.1) is 23.2 Å². The second-order valence-electron chi connectivity index (χ2n) is 13.1. The zero-order valence-corrected chi connectivity index (χ0v) is 26.2. The van der Waals surface area contributed by atoms with Crippen molar-refractivity contribution in [3.8, 4) is 0 Å². The molecule has 0 N–H and O–H groups in total. The Labute approximate surface area is 248 Å². The summed E-state index contributed by atoms with van der Waals surface area (Å²) in [5, 5.41) is 0. The molecule has 2 saturated heterocycles. The maximum absolute atomic E-state index is 13.0. The molecule has 234 valence electrons. The predicted molar refractivity (Wildman–Crippen MR) is 160 cm³/mol. The summed E-state index contributed by atoms with van der Waals surface area (Å²) in [6.45, 7) is 9.21. The highest BCUT2D eigenvalue weighted by Gasteiger charge is 2.36. The smallest absolute Gasteiger partial charge is 0.305 e. The molecule has 7 heteroatoms. The molecule has 2 heterocycles. The van der Waals surface area contributed by atoms with E-state index in [2.05, 4.69) is 39.0 Å². The van der Waals surface area contributed by atoms with E-state index in [1.54, 1.807) is 0 Å². The second-order valence-corrected chi connectivity index (χ2v) is 13.1. The number of Topliss-reactive ketones (excluding diaryl/α,β-unsaturated/α-hetero) is 1. The van der Waals surface area contributed by atoms with Crippen molar-refractivity contribution in [2.75, 3.05) is 26.9 Å². The molecule has 1 saturated carbocycles. The lowest BCUT2D eigenvalue weighted by atomic mass is 9.81. The van der Waals surface area contributed by atoms with Gasteiger partial charge in [-0.3, -0.25) is 9.59 Å². The number of hydrogen-bond donors (Lipinski definition) is 0. The number of ether oxygens (including phenoxy) is 5. The number of carbonyl (C=O) groups excluding carboxylic acids is 2. The molecule has 7 nitrogen and oxygen atoms in total. The van der Waals surface area contributed by atoms with E-state index in [1.165, 1.54) is 13.5 Å². The van der Waals surface area contributed by atoms with Crippen LogP contribution in [0.3, 0.4) is 0 Å². The quantitative estimate of drug-likeness (QED) is 0.0760. The molecule has 0 bridgehead atoms. The summed E-state index contributed by atoms with van der Waals surface area (Å²) in [6, 6.07) is 0. The lowest BCUT2D eigenvalue weighted by molar-refractivity contribution is -0.168. The minimum Gasteiger partial charge on any atom is -0.469 e. The van der Waals surface area contributed by atoms with Crippen LogP contribution in [0.1, 0.15) is 117 Å². The molecule has 0 aromatic heterocycles. The highest BCUT2D eigenvalue weighted by Crippen LogP contribution is 2.39. The molecule has 2 aliphatic heterocycles. The Balaban J connectivity index is 1.50. The fourth-order valence-corrected chi connectivity index (χ4v) is 5.84. The third-order valence-corrected chi connectivity index (χ3v) is 8.72. The van der Waals surface area contributed by atoms with Gasteiger partial charge < -0.3 is 23.7 Å². The van der Waals surface area contributed by atoms with Crippen LogP contribution in [0.15, 0.2) is 24.0 Å². The van der Waals surface area contributed by atoms with Crippen LogP contribution in [-0.4, -0.2) is 51.3 Å². The Kier molecular flexibility index (Phi) is 14.9. The van der Waals surface area contributed by atoms with Gasteiger partial charge in [0.05, 0.1) is 26.1 Å². The topological polar surface area (TPSA) is 80.3 Å². The van der Waals surface area contributed by atoms with E-state index >= 15 is 0 Å². The van der Waals surface area contributed by atoms with Crippen molar-refractivity contribution >= 4 is 11.8 Å². The van der Waals surface area contributed by atoms with Crippen LogP contribution in [0.4, 0.5) is 0 Å². The SMILES string of the molecule is COC(=O)CCCC=CC[C@@H]1C[C@H](/C(=C\CC(C)(C)CCC(C)COC2CCCCO2)O[C@H]2CCCCO2)CC1=O. The Bertz CT molecular complexity index is 836. The van der Waals surface area contributed by atoms with Crippen molar-refractivity contribution in [2.24, 2.45) is 23.2 Å². The summed E-state index contributed by atoms with van der Waals surface area (Å²) in [7, 11) is 1.42. The fraction of sp³-hybridized carbons (Fsp3) is 0.824. The molecule has 1 aliphatic carbocycles. The monoisotopic (exact) mass is 576 g/mol. The van der Waals surface area contributed by atoms with Gasteiger partial charge in [0.1, 0.15) is 5.78 Å². The molecule has 0 spiro atoms. The minimum absolute atomic E-state index is 0.0242. The Morgan fingerprint density at radius 1 is 1.07 bits per heavy atom. The zero-order chi connectivity index (χ0) is 29.5. The summed E-state index contributed by atoms with van der Waals surface area (Å²) >= 11 is 0. The van der Waals surface area contributed by atoms with Crippen molar-refractivity contribution < 1.29 is 33.3 Å². The summed E-state index contributed by atoms with van der Waals surface area (Å²) in [5.74, 6) is 1.72. The van der Waals surface area contributed by atoms with E-state index in [0.717, 1.165) is 103 Å². The lowest BCUT2D eigenvalue weighted by Gasteiger charge is -2.29.